The van der Waals surface area contributed by atoms with Gasteiger partial charge in [0.25, 0.3) is 0 Å². The predicted octanol–water partition coefficient (Wildman–Crippen LogP) is 6.89. The van der Waals surface area contributed by atoms with Crippen LogP contribution in [0.25, 0.3) is 0 Å². The molecule has 2 aromatic carbocycles. The van der Waals surface area contributed by atoms with E-state index in [1.165, 1.54) is 64.2 Å². The van der Waals surface area contributed by atoms with Crippen molar-refractivity contribution < 1.29 is 23.1 Å². The average Bonchev–Trinajstić information content (AvgIpc) is 2.83. The summed E-state index contributed by atoms with van der Waals surface area (Å²) in [5, 5.41) is 10.00. The number of nitrogens with two attached hydrogens (primary N) is 1. The zero-order valence-electron chi connectivity index (χ0n) is 21.7. The fourth-order valence-corrected chi connectivity index (χ4v) is 6.39. The molecule has 0 atom stereocenters. The van der Waals surface area contributed by atoms with Crippen molar-refractivity contribution in [3.05, 3.63) is 46.5 Å². The zero-order valence-corrected chi connectivity index (χ0v) is 22.5. The summed E-state index contributed by atoms with van der Waals surface area (Å²) in [6.45, 7) is 5.49. The zero-order chi connectivity index (χ0) is 26.0. The number of unbranched alkanes of at least 4 members (excludes halogenated alkanes) is 9. The lowest BCUT2D eigenvalue weighted by atomic mass is 9.92. The first-order chi connectivity index (χ1) is 16.7. The number of ether oxygens (including phenoxy) is 1. The second-order valence-electron chi connectivity index (χ2n) is 9.26. The normalized spacial score (nSPS) is 11.5. The Balaban J connectivity index is 2.19. The van der Waals surface area contributed by atoms with Gasteiger partial charge in [-0.05, 0) is 67.6 Å². The Hall–Kier alpha value is -2.54. The van der Waals surface area contributed by atoms with Gasteiger partial charge in [-0.3, -0.25) is 0 Å². The highest BCUT2D eigenvalue weighted by molar-refractivity contribution is 7.91. The van der Waals surface area contributed by atoms with Crippen LogP contribution in [0.4, 0.5) is 5.69 Å². The maximum Gasteiger partial charge on any atom is 0.337 e. The summed E-state index contributed by atoms with van der Waals surface area (Å²) in [4.78, 5) is 12.0. The van der Waals surface area contributed by atoms with Gasteiger partial charge in [0.2, 0.25) is 9.84 Å². The van der Waals surface area contributed by atoms with E-state index in [2.05, 4.69) is 6.92 Å². The van der Waals surface area contributed by atoms with Crippen molar-refractivity contribution >= 4 is 21.5 Å². The minimum atomic E-state index is -4.09. The van der Waals surface area contributed by atoms with Crippen LogP contribution in [0.3, 0.4) is 0 Å². The second kappa shape index (κ2) is 13.5. The van der Waals surface area contributed by atoms with Crippen molar-refractivity contribution in [1.82, 2.24) is 0 Å². The summed E-state index contributed by atoms with van der Waals surface area (Å²) < 4.78 is 32.1. The van der Waals surface area contributed by atoms with Gasteiger partial charge in [-0.25, -0.2) is 13.2 Å². The Bertz CT molecular complexity index is 1090. The van der Waals surface area contributed by atoms with Crippen LogP contribution in [0.1, 0.15) is 98.2 Å². The van der Waals surface area contributed by atoms with Gasteiger partial charge in [-0.2, -0.15) is 0 Å². The highest BCUT2D eigenvalue weighted by Crippen LogP contribution is 2.37. The third-order valence-corrected chi connectivity index (χ3v) is 8.70. The van der Waals surface area contributed by atoms with Crippen molar-refractivity contribution in [1.29, 1.82) is 0 Å². The van der Waals surface area contributed by atoms with Gasteiger partial charge in [-0.1, -0.05) is 64.7 Å². The number of sulfone groups is 1. The lowest BCUT2D eigenvalue weighted by molar-refractivity contribution is 0.0691. The van der Waals surface area contributed by atoms with E-state index in [0.717, 1.165) is 24.8 Å². The van der Waals surface area contributed by atoms with E-state index in [1.807, 2.05) is 0 Å². The molecule has 0 aromatic heterocycles. The van der Waals surface area contributed by atoms with E-state index in [1.54, 1.807) is 26.0 Å². The van der Waals surface area contributed by atoms with Gasteiger partial charge in [0.1, 0.15) is 5.75 Å². The van der Waals surface area contributed by atoms with Crippen molar-refractivity contribution in [3.63, 3.8) is 0 Å². The maximum absolute atomic E-state index is 13.5. The fraction of sp³-hybridized carbons (Fsp3) is 0.536. The van der Waals surface area contributed by atoms with E-state index in [9.17, 15) is 18.3 Å². The summed E-state index contributed by atoms with van der Waals surface area (Å²) >= 11 is 0. The highest BCUT2D eigenvalue weighted by atomic mass is 32.2. The van der Waals surface area contributed by atoms with Gasteiger partial charge in [0.05, 0.1) is 22.5 Å². The first-order valence-corrected chi connectivity index (χ1v) is 14.2. The molecule has 0 spiro atoms. The first kappa shape index (κ1) is 28.7. The minimum Gasteiger partial charge on any atom is -0.497 e. The molecule has 2 rings (SSSR count). The molecule has 0 aliphatic rings. The third kappa shape index (κ3) is 7.23. The number of methoxy groups -OCH3 is 1. The molecular formula is C28H41NO5S. The molecule has 0 aliphatic heterocycles. The Morgan fingerprint density at radius 3 is 1.89 bits per heavy atom. The standard InChI is InChI=1S/C28H41NO5S/c1-5-6-7-8-9-10-11-12-13-14-15-24-20(2)25(28(30)31)27(21(3)26(24)29)35(32,33)23-18-16-22(34-4)17-19-23/h16-19H,5-15,29H2,1-4H3,(H,30,31). The van der Waals surface area contributed by atoms with E-state index in [4.69, 9.17) is 10.5 Å². The van der Waals surface area contributed by atoms with Crippen molar-refractivity contribution in [3.8, 4) is 5.75 Å². The van der Waals surface area contributed by atoms with Crippen molar-refractivity contribution in [2.24, 2.45) is 0 Å². The van der Waals surface area contributed by atoms with Crippen LogP contribution in [0.2, 0.25) is 0 Å². The molecule has 0 aliphatic carbocycles. The quantitative estimate of drug-likeness (QED) is 0.202. The molecule has 0 bridgehead atoms. The molecule has 7 heteroatoms. The van der Waals surface area contributed by atoms with Crippen LogP contribution >= 0.6 is 0 Å². The molecular weight excluding hydrogens is 462 g/mol. The summed E-state index contributed by atoms with van der Waals surface area (Å²) in [6, 6.07) is 5.92. The topological polar surface area (TPSA) is 107 Å². The Morgan fingerprint density at radius 2 is 1.40 bits per heavy atom. The molecule has 0 fully saturated rings. The van der Waals surface area contributed by atoms with Crippen LogP contribution in [0.15, 0.2) is 34.1 Å². The molecule has 2 aromatic rings. The Labute approximate surface area is 210 Å². The molecule has 0 radical (unpaired) electrons. The van der Waals surface area contributed by atoms with Gasteiger partial charge in [0, 0.05) is 5.69 Å². The molecule has 0 unspecified atom stereocenters. The second-order valence-corrected chi connectivity index (χ2v) is 11.1. The van der Waals surface area contributed by atoms with E-state index >= 15 is 0 Å². The van der Waals surface area contributed by atoms with Crippen LogP contribution in [0.5, 0.6) is 5.75 Å². The molecule has 0 saturated heterocycles. The number of nitrogen functional groups attached to an aromatic ring is 1. The van der Waals surface area contributed by atoms with E-state index in [0.29, 0.717) is 29.0 Å². The van der Waals surface area contributed by atoms with Crippen LogP contribution in [0, 0.1) is 13.8 Å². The van der Waals surface area contributed by atoms with Gasteiger partial charge in [0.15, 0.2) is 0 Å². The van der Waals surface area contributed by atoms with Crippen LogP contribution < -0.4 is 10.5 Å². The summed E-state index contributed by atoms with van der Waals surface area (Å²) in [7, 11) is -2.60. The highest BCUT2D eigenvalue weighted by Gasteiger charge is 2.31. The number of hydrogen-bond donors (Lipinski definition) is 2. The molecule has 194 valence electrons. The molecule has 0 heterocycles. The van der Waals surface area contributed by atoms with Crippen LogP contribution in [-0.4, -0.2) is 26.6 Å². The molecule has 0 saturated carbocycles. The number of carboxylic acids is 1. The third-order valence-electron chi connectivity index (χ3n) is 6.76. The summed E-state index contributed by atoms with van der Waals surface area (Å²) in [6.07, 6.45) is 12.7. The number of carbonyl (C=O) groups is 1. The maximum atomic E-state index is 13.5. The number of anilines is 1. The van der Waals surface area contributed by atoms with Gasteiger partial charge < -0.3 is 15.6 Å². The number of carboxylic acid groups (broad SMARTS) is 1. The van der Waals surface area contributed by atoms with E-state index in [-0.39, 0.29) is 15.4 Å². The molecule has 3 N–H and O–H groups in total. The largest absolute Gasteiger partial charge is 0.497 e. The fourth-order valence-electron chi connectivity index (χ4n) is 4.64. The number of hydrogen-bond acceptors (Lipinski definition) is 5. The number of rotatable bonds is 15. The smallest absolute Gasteiger partial charge is 0.337 e. The average molecular weight is 504 g/mol. The molecule has 35 heavy (non-hydrogen) atoms. The SMILES string of the molecule is CCCCCCCCCCCCc1c(C)c(C(=O)O)c(S(=O)(=O)c2ccc(OC)cc2)c(C)c1N. The monoisotopic (exact) mass is 503 g/mol. The summed E-state index contributed by atoms with van der Waals surface area (Å²) in [5.41, 5.74) is 8.08. The lowest BCUT2D eigenvalue weighted by Crippen LogP contribution is -2.17. The Kier molecular flexibility index (Phi) is 11.1. The molecule has 0 amide bonds. The molecule has 6 nitrogen and oxygen atoms in total. The van der Waals surface area contributed by atoms with Crippen molar-refractivity contribution in [2.45, 2.75) is 101 Å². The van der Waals surface area contributed by atoms with Gasteiger partial charge >= 0.3 is 5.97 Å². The van der Waals surface area contributed by atoms with E-state index < -0.39 is 15.8 Å². The predicted molar refractivity (Wildman–Crippen MR) is 141 cm³/mol. The summed E-state index contributed by atoms with van der Waals surface area (Å²) in [5.74, 6) is -0.747. The number of benzene rings is 2. The lowest BCUT2D eigenvalue weighted by Gasteiger charge is -2.20. The van der Waals surface area contributed by atoms with Gasteiger partial charge in [-0.15, -0.1) is 0 Å². The Morgan fingerprint density at radius 1 is 0.886 bits per heavy atom. The minimum absolute atomic E-state index is 0.00476. The van der Waals surface area contributed by atoms with Crippen LogP contribution in [-0.2, 0) is 16.3 Å². The van der Waals surface area contributed by atoms with Crippen molar-refractivity contribution in [2.75, 3.05) is 12.8 Å². The number of aromatic carboxylic acids is 1. The first-order valence-electron chi connectivity index (χ1n) is 12.7.